The normalized spacial score (nSPS) is 22.6. The first-order valence-corrected chi connectivity index (χ1v) is 6.98. The van der Waals surface area contributed by atoms with Crippen molar-refractivity contribution in [1.82, 2.24) is 0 Å². The van der Waals surface area contributed by atoms with Crippen LogP contribution in [0.25, 0.3) is 0 Å². The number of hydrogen-bond donors (Lipinski definition) is 1. The Morgan fingerprint density at radius 3 is 2.21 bits per heavy atom. The van der Waals surface area contributed by atoms with Gasteiger partial charge in [0.25, 0.3) is 0 Å². The molecule has 0 atom stereocenters. The van der Waals surface area contributed by atoms with Crippen LogP contribution in [0.3, 0.4) is 0 Å². The van der Waals surface area contributed by atoms with Crippen molar-refractivity contribution in [3.63, 3.8) is 0 Å². The van der Waals surface area contributed by atoms with Gasteiger partial charge in [0, 0.05) is 13.5 Å². The van der Waals surface area contributed by atoms with E-state index in [1.807, 2.05) is 12.1 Å². The zero-order chi connectivity index (χ0) is 13.5. The molecule has 0 amide bonds. The predicted molar refractivity (Wildman–Crippen MR) is 72.3 cm³/mol. The maximum atomic E-state index is 11.5. The van der Waals surface area contributed by atoms with Gasteiger partial charge in [0.15, 0.2) is 0 Å². The fraction of sp³-hybridized carbons (Fsp3) is 0.562. The molecule has 2 aliphatic rings. The van der Waals surface area contributed by atoms with Crippen LogP contribution in [0.5, 0.6) is 0 Å². The number of rotatable bonds is 5. The van der Waals surface area contributed by atoms with E-state index in [2.05, 4.69) is 12.1 Å². The molecule has 2 aliphatic carbocycles. The number of hydrogen-bond acceptors (Lipinski definition) is 2. The van der Waals surface area contributed by atoms with Gasteiger partial charge < -0.3 is 9.84 Å². The van der Waals surface area contributed by atoms with Crippen molar-refractivity contribution in [2.45, 2.75) is 49.5 Å². The van der Waals surface area contributed by atoms with E-state index >= 15 is 0 Å². The average molecular weight is 260 g/mol. The molecule has 1 aromatic carbocycles. The lowest BCUT2D eigenvalue weighted by molar-refractivity contribution is -0.147. The maximum Gasteiger partial charge on any atom is 0.314 e. The molecule has 0 aromatic heterocycles. The second-order valence-corrected chi connectivity index (χ2v) is 6.00. The number of carbonyl (C=O) groups is 1. The third kappa shape index (κ3) is 2.06. The van der Waals surface area contributed by atoms with E-state index in [1.165, 1.54) is 5.56 Å². The molecule has 0 unspecified atom stereocenters. The SMILES string of the molecule is COC1(Cc2ccc(C3(C(=O)O)CCC3)cc2)CC1. The van der Waals surface area contributed by atoms with Gasteiger partial charge in [-0.3, -0.25) is 4.79 Å². The largest absolute Gasteiger partial charge is 0.481 e. The van der Waals surface area contributed by atoms with E-state index < -0.39 is 11.4 Å². The third-order valence-electron chi connectivity index (χ3n) is 4.89. The number of ether oxygens (including phenoxy) is 1. The molecule has 1 aromatic rings. The smallest absolute Gasteiger partial charge is 0.314 e. The Bertz CT molecular complexity index is 481. The Kier molecular flexibility index (Phi) is 2.90. The molecule has 2 fully saturated rings. The zero-order valence-electron chi connectivity index (χ0n) is 11.3. The number of benzene rings is 1. The quantitative estimate of drug-likeness (QED) is 0.885. The summed E-state index contributed by atoms with van der Waals surface area (Å²) >= 11 is 0. The van der Waals surface area contributed by atoms with Crippen LogP contribution in [-0.2, 0) is 21.4 Å². The fourth-order valence-corrected chi connectivity index (χ4v) is 3.06. The van der Waals surface area contributed by atoms with E-state index in [0.29, 0.717) is 0 Å². The molecule has 0 aliphatic heterocycles. The maximum absolute atomic E-state index is 11.5. The van der Waals surface area contributed by atoms with Crippen LogP contribution in [0.1, 0.15) is 43.2 Å². The van der Waals surface area contributed by atoms with E-state index in [0.717, 1.165) is 44.1 Å². The van der Waals surface area contributed by atoms with E-state index in [-0.39, 0.29) is 5.60 Å². The van der Waals surface area contributed by atoms with E-state index in [1.54, 1.807) is 7.11 Å². The monoisotopic (exact) mass is 260 g/mol. The Morgan fingerprint density at radius 2 is 1.84 bits per heavy atom. The van der Waals surface area contributed by atoms with Gasteiger partial charge in [-0.1, -0.05) is 30.7 Å². The first kappa shape index (κ1) is 12.7. The van der Waals surface area contributed by atoms with E-state index in [9.17, 15) is 9.90 Å². The summed E-state index contributed by atoms with van der Waals surface area (Å²) in [6.07, 6.45) is 5.74. The molecule has 3 heteroatoms. The highest BCUT2D eigenvalue weighted by atomic mass is 16.5. The van der Waals surface area contributed by atoms with Gasteiger partial charge in [-0.05, 0) is 36.8 Å². The lowest BCUT2D eigenvalue weighted by Crippen LogP contribution is -2.42. The molecule has 1 N–H and O–H groups in total. The Hall–Kier alpha value is -1.35. The minimum Gasteiger partial charge on any atom is -0.481 e. The van der Waals surface area contributed by atoms with Crippen molar-refractivity contribution in [2.75, 3.05) is 7.11 Å². The fourth-order valence-electron chi connectivity index (χ4n) is 3.06. The summed E-state index contributed by atoms with van der Waals surface area (Å²) in [5.74, 6) is -0.679. The van der Waals surface area contributed by atoms with Crippen molar-refractivity contribution in [3.8, 4) is 0 Å². The summed E-state index contributed by atoms with van der Waals surface area (Å²) < 4.78 is 5.53. The highest BCUT2D eigenvalue weighted by molar-refractivity contribution is 5.82. The zero-order valence-corrected chi connectivity index (χ0v) is 11.3. The topological polar surface area (TPSA) is 46.5 Å². The molecule has 3 nitrogen and oxygen atoms in total. The van der Waals surface area contributed by atoms with Crippen LogP contribution in [0.15, 0.2) is 24.3 Å². The highest BCUT2D eigenvalue weighted by Gasteiger charge is 2.46. The minimum atomic E-state index is -0.679. The van der Waals surface area contributed by atoms with Crippen LogP contribution in [0.2, 0.25) is 0 Å². The molecule has 3 rings (SSSR count). The first-order chi connectivity index (χ1) is 9.10. The molecule has 2 saturated carbocycles. The van der Waals surface area contributed by atoms with Crippen LogP contribution < -0.4 is 0 Å². The Labute approximate surface area is 113 Å². The molecule has 102 valence electrons. The molecule has 0 spiro atoms. The average Bonchev–Trinajstić information content (AvgIpc) is 3.10. The summed E-state index contributed by atoms with van der Waals surface area (Å²) in [5, 5.41) is 9.42. The summed E-state index contributed by atoms with van der Waals surface area (Å²) in [5.41, 5.74) is 1.64. The predicted octanol–water partition coefficient (Wildman–Crippen LogP) is 2.91. The summed E-state index contributed by atoms with van der Waals surface area (Å²) in [7, 11) is 1.77. The lowest BCUT2D eigenvalue weighted by Gasteiger charge is -2.38. The van der Waals surface area contributed by atoms with E-state index in [4.69, 9.17) is 4.74 Å². The van der Waals surface area contributed by atoms with Gasteiger partial charge in [-0.15, -0.1) is 0 Å². The van der Waals surface area contributed by atoms with Crippen molar-refractivity contribution >= 4 is 5.97 Å². The van der Waals surface area contributed by atoms with Crippen molar-refractivity contribution in [3.05, 3.63) is 35.4 Å². The molecule has 0 heterocycles. The van der Waals surface area contributed by atoms with Crippen LogP contribution in [0, 0.1) is 0 Å². The third-order valence-corrected chi connectivity index (χ3v) is 4.89. The second-order valence-electron chi connectivity index (χ2n) is 6.00. The van der Waals surface area contributed by atoms with Gasteiger partial charge in [0.05, 0.1) is 11.0 Å². The Morgan fingerprint density at radius 1 is 1.21 bits per heavy atom. The van der Waals surface area contributed by atoms with Gasteiger partial charge in [0.2, 0.25) is 0 Å². The summed E-state index contributed by atoms with van der Waals surface area (Å²) in [4.78, 5) is 11.5. The first-order valence-electron chi connectivity index (χ1n) is 6.98. The van der Waals surface area contributed by atoms with Crippen molar-refractivity contribution < 1.29 is 14.6 Å². The number of aliphatic carboxylic acids is 1. The minimum absolute atomic E-state index is 0.0580. The van der Waals surface area contributed by atoms with Crippen LogP contribution in [0.4, 0.5) is 0 Å². The lowest BCUT2D eigenvalue weighted by atomic mass is 9.64. The molecule has 0 radical (unpaired) electrons. The van der Waals surface area contributed by atoms with Crippen LogP contribution >= 0.6 is 0 Å². The molecule has 0 bridgehead atoms. The molecule has 0 saturated heterocycles. The van der Waals surface area contributed by atoms with Gasteiger partial charge in [-0.25, -0.2) is 0 Å². The van der Waals surface area contributed by atoms with Crippen LogP contribution in [-0.4, -0.2) is 23.8 Å². The summed E-state index contributed by atoms with van der Waals surface area (Å²) in [6.45, 7) is 0. The number of carboxylic acids is 1. The van der Waals surface area contributed by atoms with Crippen molar-refractivity contribution in [2.24, 2.45) is 0 Å². The number of carboxylic acid groups (broad SMARTS) is 1. The van der Waals surface area contributed by atoms with Gasteiger partial charge in [-0.2, -0.15) is 0 Å². The Balaban J connectivity index is 1.77. The standard InChI is InChI=1S/C16H20O3/c1-19-15(9-10-15)11-12-3-5-13(6-4-12)16(14(17)18)7-2-8-16/h3-6H,2,7-11H2,1H3,(H,17,18). The molecule has 19 heavy (non-hydrogen) atoms. The number of methoxy groups -OCH3 is 1. The second kappa shape index (κ2) is 4.34. The van der Waals surface area contributed by atoms with Crippen molar-refractivity contribution in [1.29, 1.82) is 0 Å². The van der Waals surface area contributed by atoms with Gasteiger partial charge >= 0.3 is 5.97 Å². The van der Waals surface area contributed by atoms with Gasteiger partial charge in [0.1, 0.15) is 0 Å². The molecular formula is C16H20O3. The highest BCUT2D eigenvalue weighted by Crippen LogP contribution is 2.45. The molecular weight excluding hydrogens is 240 g/mol. The summed E-state index contributed by atoms with van der Waals surface area (Å²) in [6, 6.07) is 8.12.